The number of hydrogen-bond donors (Lipinski definition) is 1. The minimum absolute atomic E-state index is 0.264. The van der Waals surface area contributed by atoms with Crippen molar-refractivity contribution in [2.75, 3.05) is 19.9 Å². The minimum Gasteiger partial charge on any atom is -0.508 e. The molecule has 0 amide bonds. The minimum atomic E-state index is 0.264. The van der Waals surface area contributed by atoms with E-state index < -0.39 is 0 Å². The highest BCUT2D eigenvalue weighted by molar-refractivity contribution is 5.44. The summed E-state index contributed by atoms with van der Waals surface area (Å²) in [6.07, 6.45) is 2.48. The Morgan fingerprint density at radius 1 is 1.04 bits per heavy atom. The van der Waals surface area contributed by atoms with E-state index in [1.165, 1.54) is 0 Å². The van der Waals surface area contributed by atoms with E-state index in [0.29, 0.717) is 12.3 Å². The Balaban J connectivity index is 1.51. The van der Waals surface area contributed by atoms with Crippen LogP contribution in [-0.2, 0) is 17.8 Å². The summed E-state index contributed by atoms with van der Waals surface area (Å²) in [6, 6.07) is 13.6. The number of fused-ring (bicyclic) bond motifs is 1. The molecule has 2 aliphatic heterocycles. The molecule has 2 aromatic rings. The second-order valence-corrected chi connectivity index (χ2v) is 6.62. The first-order chi connectivity index (χ1) is 12.3. The summed E-state index contributed by atoms with van der Waals surface area (Å²) in [6.45, 7) is 3.43. The Labute approximate surface area is 147 Å². The van der Waals surface area contributed by atoms with E-state index in [0.717, 1.165) is 55.2 Å². The summed E-state index contributed by atoms with van der Waals surface area (Å²) in [5, 5.41) is 10.1. The average molecular weight is 341 g/mol. The van der Waals surface area contributed by atoms with Crippen molar-refractivity contribution in [3.63, 3.8) is 0 Å². The standard InChI is InChI=1S/C20H23NO4/c22-18-6-2-1-4-16(18)12-21(13-17-5-3-9-23-17)11-15-7-8-19-20(10-15)25-14-24-19/h1-2,4,6-8,10,17,22H,3,5,9,11-14H2. The van der Waals surface area contributed by atoms with E-state index in [1.54, 1.807) is 6.07 Å². The molecule has 4 rings (SSSR count). The van der Waals surface area contributed by atoms with Crippen LogP contribution in [0.2, 0.25) is 0 Å². The lowest BCUT2D eigenvalue weighted by Crippen LogP contribution is -2.31. The second-order valence-electron chi connectivity index (χ2n) is 6.62. The number of hydrogen-bond acceptors (Lipinski definition) is 5. The van der Waals surface area contributed by atoms with Gasteiger partial charge in [-0.05, 0) is 36.6 Å². The molecular weight excluding hydrogens is 318 g/mol. The van der Waals surface area contributed by atoms with Crippen LogP contribution in [-0.4, -0.2) is 36.1 Å². The van der Waals surface area contributed by atoms with Crippen molar-refractivity contribution >= 4 is 0 Å². The number of phenolic OH excluding ortho intramolecular Hbond substituents is 1. The number of para-hydroxylation sites is 1. The number of benzene rings is 2. The van der Waals surface area contributed by atoms with Crippen molar-refractivity contribution < 1.29 is 19.3 Å². The van der Waals surface area contributed by atoms with Crippen LogP contribution in [0.3, 0.4) is 0 Å². The lowest BCUT2D eigenvalue weighted by atomic mass is 10.1. The van der Waals surface area contributed by atoms with Crippen LogP contribution in [0.1, 0.15) is 24.0 Å². The van der Waals surface area contributed by atoms with Crippen molar-refractivity contribution in [3.8, 4) is 17.2 Å². The fraction of sp³-hybridized carbons (Fsp3) is 0.400. The van der Waals surface area contributed by atoms with Gasteiger partial charge in [-0.2, -0.15) is 0 Å². The topological polar surface area (TPSA) is 51.2 Å². The first-order valence-corrected chi connectivity index (χ1v) is 8.77. The van der Waals surface area contributed by atoms with Gasteiger partial charge in [0.05, 0.1) is 6.10 Å². The van der Waals surface area contributed by atoms with Gasteiger partial charge >= 0.3 is 0 Å². The molecule has 0 bridgehead atoms. The summed E-state index contributed by atoms with van der Waals surface area (Å²) >= 11 is 0. The number of nitrogens with zero attached hydrogens (tertiary/aromatic N) is 1. The van der Waals surface area contributed by atoms with E-state index in [2.05, 4.69) is 11.0 Å². The molecule has 0 spiro atoms. The molecule has 0 aliphatic carbocycles. The maximum atomic E-state index is 10.1. The van der Waals surface area contributed by atoms with Gasteiger partial charge in [-0.3, -0.25) is 4.90 Å². The van der Waals surface area contributed by atoms with Crippen LogP contribution >= 0.6 is 0 Å². The van der Waals surface area contributed by atoms with Crippen molar-refractivity contribution in [2.45, 2.75) is 32.0 Å². The van der Waals surface area contributed by atoms with Gasteiger partial charge in [0.15, 0.2) is 11.5 Å². The highest BCUT2D eigenvalue weighted by atomic mass is 16.7. The largest absolute Gasteiger partial charge is 0.508 e. The van der Waals surface area contributed by atoms with Gasteiger partial charge in [-0.15, -0.1) is 0 Å². The molecular formula is C20H23NO4. The summed E-state index contributed by atoms with van der Waals surface area (Å²) in [4.78, 5) is 2.32. The molecule has 2 aliphatic rings. The quantitative estimate of drug-likeness (QED) is 0.874. The molecule has 0 saturated carbocycles. The maximum absolute atomic E-state index is 10.1. The molecule has 1 atom stereocenters. The van der Waals surface area contributed by atoms with Gasteiger partial charge in [0, 0.05) is 31.8 Å². The highest BCUT2D eigenvalue weighted by Gasteiger charge is 2.21. The first kappa shape index (κ1) is 16.2. The third-order valence-electron chi connectivity index (χ3n) is 4.71. The van der Waals surface area contributed by atoms with Gasteiger partial charge in [0.25, 0.3) is 0 Å². The van der Waals surface area contributed by atoms with Crippen LogP contribution in [0.5, 0.6) is 17.2 Å². The highest BCUT2D eigenvalue weighted by Crippen LogP contribution is 2.33. The van der Waals surface area contributed by atoms with Gasteiger partial charge in [0.2, 0.25) is 6.79 Å². The third-order valence-corrected chi connectivity index (χ3v) is 4.71. The first-order valence-electron chi connectivity index (χ1n) is 8.77. The molecule has 2 aromatic carbocycles. The Hall–Kier alpha value is -2.24. The fourth-order valence-corrected chi connectivity index (χ4v) is 3.44. The number of phenols is 1. The van der Waals surface area contributed by atoms with E-state index >= 15 is 0 Å². The van der Waals surface area contributed by atoms with Crippen molar-refractivity contribution in [1.29, 1.82) is 0 Å². The average Bonchev–Trinajstić information content (AvgIpc) is 3.28. The van der Waals surface area contributed by atoms with E-state index in [1.807, 2.05) is 30.3 Å². The molecule has 1 unspecified atom stereocenters. The van der Waals surface area contributed by atoms with Crippen LogP contribution in [0, 0.1) is 0 Å². The fourth-order valence-electron chi connectivity index (χ4n) is 3.44. The lowest BCUT2D eigenvalue weighted by Gasteiger charge is -2.26. The predicted molar refractivity (Wildman–Crippen MR) is 93.8 cm³/mol. The van der Waals surface area contributed by atoms with E-state index in [9.17, 15) is 5.11 Å². The second kappa shape index (κ2) is 7.33. The Morgan fingerprint density at radius 2 is 1.92 bits per heavy atom. The predicted octanol–water partition coefficient (Wildman–Crippen LogP) is 3.30. The number of aromatic hydroxyl groups is 1. The van der Waals surface area contributed by atoms with Crippen LogP contribution in [0.25, 0.3) is 0 Å². The monoisotopic (exact) mass is 341 g/mol. The van der Waals surface area contributed by atoms with Crippen molar-refractivity contribution in [2.24, 2.45) is 0 Å². The summed E-state index contributed by atoms with van der Waals surface area (Å²) in [5.74, 6) is 1.94. The third kappa shape index (κ3) is 3.89. The van der Waals surface area contributed by atoms with E-state index in [4.69, 9.17) is 14.2 Å². The van der Waals surface area contributed by atoms with Gasteiger partial charge in [-0.1, -0.05) is 24.3 Å². The molecule has 132 valence electrons. The normalized spacial score (nSPS) is 18.8. The summed E-state index contributed by atoms with van der Waals surface area (Å²) in [5.41, 5.74) is 2.10. The number of ether oxygens (including phenoxy) is 3. The molecule has 1 N–H and O–H groups in total. The maximum Gasteiger partial charge on any atom is 0.231 e. The van der Waals surface area contributed by atoms with Crippen LogP contribution in [0.4, 0.5) is 0 Å². The van der Waals surface area contributed by atoms with Gasteiger partial charge in [-0.25, -0.2) is 0 Å². The summed E-state index contributed by atoms with van der Waals surface area (Å²) in [7, 11) is 0. The molecule has 2 heterocycles. The lowest BCUT2D eigenvalue weighted by molar-refractivity contribution is 0.0676. The molecule has 5 nitrogen and oxygen atoms in total. The van der Waals surface area contributed by atoms with Crippen LogP contribution in [0.15, 0.2) is 42.5 Å². The van der Waals surface area contributed by atoms with Crippen molar-refractivity contribution in [3.05, 3.63) is 53.6 Å². The molecule has 0 aromatic heterocycles. The zero-order chi connectivity index (χ0) is 17.1. The Kier molecular flexibility index (Phi) is 4.76. The Morgan fingerprint density at radius 3 is 2.76 bits per heavy atom. The molecule has 5 heteroatoms. The van der Waals surface area contributed by atoms with Crippen LogP contribution < -0.4 is 9.47 Å². The zero-order valence-electron chi connectivity index (χ0n) is 14.2. The van der Waals surface area contributed by atoms with Gasteiger partial charge in [0.1, 0.15) is 5.75 Å². The molecule has 0 radical (unpaired) electrons. The molecule has 1 saturated heterocycles. The zero-order valence-corrected chi connectivity index (χ0v) is 14.2. The smallest absolute Gasteiger partial charge is 0.231 e. The molecule has 1 fully saturated rings. The van der Waals surface area contributed by atoms with E-state index in [-0.39, 0.29) is 12.9 Å². The van der Waals surface area contributed by atoms with Gasteiger partial charge < -0.3 is 19.3 Å². The molecule has 25 heavy (non-hydrogen) atoms. The SMILES string of the molecule is Oc1ccccc1CN(Cc1ccc2c(c1)OCO2)CC1CCCO1. The van der Waals surface area contributed by atoms with Crippen molar-refractivity contribution in [1.82, 2.24) is 4.90 Å². The summed E-state index contributed by atoms with van der Waals surface area (Å²) < 4.78 is 16.7. The Bertz CT molecular complexity index is 727. The number of rotatable bonds is 6.